The normalized spacial score (nSPS) is 11.4. The Bertz CT molecular complexity index is 1050. The Kier molecular flexibility index (Phi) is 6.59. The van der Waals surface area contributed by atoms with Crippen molar-refractivity contribution in [1.82, 2.24) is 13.9 Å². The number of amides is 1. The number of nitro groups is 1. The summed E-state index contributed by atoms with van der Waals surface area (Å²) >= 11 is 0. The van der Waals surface area contributed by atoms with Gasteiger partial charge < -0.3 is 9.88 Å². The molecule has 28 heavy (non-hydrogen) atoms. The standard InChI is InChI=1S/C16H19N5O6S/c1-3-20(4-2)28(26,27)12-5-6-16(23)19(10-12)11-15(22)18-13-7-8-17-9-14(13)21(24)25/h5-10H,3-4,11H2,1-2H3,(H,17,18,22). The minimum Gasteiger partial charge on any atom is -0.319 e. The van der Waals surface area contributed by atoms with E-state index in [1.54, 1.807) is 13.8 Å². The van der Waals surface area contributed by atoms with Gasteiger partial charge in [-0.2, -0.15) is 4.31 Å². The largest absolute Gasteiger partial charge is 0.319 e. The molecule has 0 bridgehead atoms. The Balaban J connectivity index is 2.29. The smallest absolute Gasteiger partial charge is 0.310 e. The number of aromatic nitrogens is 2. The van der Waals surface area contributed by atoms with E-state index in [0.29, 0.717) is 0 Å². The lowest BCUT2D eigenvalue weighted by Crippen LogP contribution is -2.33. The maximum absolute atomic E-state index is 12.6. The molecule has 11 nitrogen and oxygen atoms in total. The molecular formula is C16H19N5O6S. The predicted molar refractivity (Wildman–Crippen MR) is 100 cm³/mol. The van der Waals surface area contributed by atoms with Gasteiger partial charge in [0.1, 0.15) is 18.4 Å². The SMILES string of the molecule is CCN(CC)S(=O)(=O)c1ccc(=O)n(CC(=O)Nc2ccncc2[N+](=O)[O-])c1. The highest BCUT2D eigenvalue weighted by Gasteiger charge is 2.23. The number of hydrogen-bond donors (Lipinski definition) is 1. The number of sulfonamides is 1. The molecule has 0 aliphatic heterocycles. The summed E-state index contributed by atoms with van der Waals surface area (Å²) < 4.78 is 27.3. The summed E-state index contributed by atoms with van der Waals surface area (Å²) in [5, 5.41) is 13.3. The van der Waals surface area contributed by atoms with Gasteiger partial charge in [-0.15, -0.1) is 0 Å². The van der Waals surface area contributed by atoms with Crippen molar-refractivity contribution in [3.05, 3.63) is 57.3 Å². The molecule has 12 heteroatoms. The van der Waals surface area contributed by atoms with E-state index < -0.39 is 38.6 Å². The van der Waals surface area contributed by atoms with Crippen molar-refractivity contribution in [2.24, 2.45) is 0 Å². The predicted octanol–water partition coefficient (Wildman–Crippen LogP) is 0.821. The van der Waals surface area contributed by atoms with E-state index in [1.807, 2.05) is 0 Å². The molecule has 2 rings (SSSR count). The zero-order valence-corrected chi connectivity index (χ0v) is 16.0. The average Bonchev–Trinajstić information content (AvgIpc) is 2.64. The third kappa shape index (κ3) is 4.58. The van der Waals surface area contributed by atoms with Gasteiger partial charge in [0.25, 0.3) is 5.56 Å². The van der Waals surface area contributed by atoms with Gasteiger partial charge in [0, 0.05) is 31.5 Å². The number of nitrogens with one attached hydrogen (secondary N) is 1. The topological polar surface area (TPSA) is 145 Å². The van der Waals surface area contributed by atoms with Crippen molar-refractivity contribution in [3.8, 4) is 0 Å². The van der Waals surface area contributed by atoms with Gasteiger partial charge >= 0.3 is 5.69 Å². The number of rotatable bonds is 8. The van der Waals surface area contributed by atoms with Gasteiger partial charge in [0.05, 0.1) is 9.82 Å². The second kappa shape index (κ2) is 8.71. The van der Waals surface area contributed by atoms with E-state index in [4.69, 9.17) is 0 Å². The first-order chi connectivity index (χ1) is 13.2. The molecule has 0 saturated heterocycles. The van der Waals surface area contributed by atoms with Crippen molar-refractivity contribution in [3.63, 3.8) is 0 Å². The summed E-state index contributed by atoms with van der Waals surface area (Å²) in [5.41, 5.74) is -1.07. The van der Waals surface area contributed by atoms with E-state index in [1.165, 1.54) is 22.6 Å². The van der Waals surface area contributed by atoms with Crippen LogP contribution in [-0.4, -0.2) is 46.2 Å². The van der Waals surface area contributed by atoms with Crippen LogP contribution < -0.4 is 10.9 Å². The lowest BCUT2D eigenvalue weighted by molar-refractivity contribution is -0.384. The van der Waals surface area contributed by atoms with Gasteiger partial charge in [0.2, 0.25) is 15.9 Å². The van der Waals surface area contributed by atoms with Gasteiger partial charge in [-0.05, 0) is 12.1 Å². The fraction of sp³-hybridized carbons (Fsp3) is 0.312. The van der Waals surface area contributed by atoms with E-state index in [2.05, 4.69) is 10.3 Å². The molecule has 0 aromatic carbocycles. The van der Waals surface area contributed by atoms with Crippen LogP contribution in [0.15, 0.2) is 46.5 Å². The van der Waals surface area contributed by atoms with Crippen LogP contribution in [0, 0.1) is 10.1 Å². The fourth-order valence-corrected chi connectivity index (χ4v) is 3.96. The molecule has 0 atom stereocenters. The van der Waals surface area contributed by atoms with E-state index in [0.717, 1.165) is 23.0 Å². The van der Waals surface area contributed by atoms with Crippen LogP contribution in [0.3, 0.4) is 0 Å². The van der Waals surface area contributed by atoms with Crippen LogP contribution in [0.2, 0.25) is 0 Å². The van der Waals surface area contributed by atoms with Crippen LogP contribution in [0.4, 0.5) is 11.4 Å². The third-order valence-corrected chi connectivity index (χ3v) is 5.92. The van der Waals surface area contributed by atoms with E-state index in [9.17, 15) is 28.1 Å². The number of carbonyl (C=O) groups is 1. The molecule has 2 heterocycles. The Morgan fingerprint density at radius 1 is 1.29 bits per heavy atom. The lowest BCUT2D eigenvalue weighted by atomic mass is 10.3. The van der Waals surface area contributed by atoms with Gasteiger partial charge in [0.15, 0.2) is 0 Å². The molecule has 0 aliphatic rings. The highest BCUT2D eigenvalue weighted by molar-refractivity contribution is 7.89. The molecule has 0 spiro atoms. The molecule has 150 valence electrons. The zero-order valence-electron chi connectivity index (χ0n) is 15.2. The first-order valence-electron chi connectivity index (χ1n) is 8.29. The fourth-order valence-electron chi connectivity index (χ4n) is 2.48. The second-order valence-electron chi connectivity index (χ2n) is 5.62. The first kappa shape index (κ1) is 21.2. The van der Waals surface area contributed by atoms with Gasteiger partial charge in [-0.1, -0.05) is 13.8 Å². The zero-order chi connectivity index (χ0) is 20.9. The number of carbonyl (C=O) groups excluding carboxylic acids is 1. The minimum atomic E-state index is -3.81. The number of pyridine rings is 2. The van der Waals surface area contributed by atoms with Crippen LogP contribution in [0.5, 0.6) is 0 Å². The van der Waals surface area contributed by atoms with Crippen LogP contribution in [0.25, 0.3) is 0 Å². The summed E-state index contributed by atoms with van der Waals surface area (Å²) in [5.74, 6) is -0.728. The van der Waals surface area contributed by atoms with Crippen LogP contribution in [-0.2, 0) is 21.4 Å². The summed E-state index contributed by atoms with van der Waals surface area (Å²) in [7, 11) is -3.81. The van der Waals surface area contributed by atoms with Crippen LogP contribution in [0.1, 0.15) is 13.8 Å². The van der Waals surface area contributed by atoms with Gasteiger partial charge in [-0.3, -0.25) is 24.7 Å². The lowest BCUT2D eigenvalue weighted by Gasteiger charge is -2.19. The summed E-state index contributed by atoms with van der Waals surface area (Å²) in [6.07, 6.45) is 3.33. The summed E-state index contributed by atoms with van der Waals surface area (Å²) in [6, 6.07) is 3.48. The van der Waals surface area contributed by atoms with Crippen molar-refractivity contribution in [2.75, 3.05) is 18.4 Å². The molecule has 0 fully saturated rings. The highest BCUT2D eigenvalue weighted by atomic mass is 32.2. The van der Waals surface area contributed by atoms with E-state index in [-0.39, 0.29) is 23.7 Å². The summed E-state index contributed by atoms with van der Waals surface area (Å²) in [4.78, 5) is 38.0. The number of hydrogen-bond acceptors (Lipinski definition) is 7. The number of anilines is 1. The molecule has 2 aromatic rings. The first-order valence-corrected chi connectivity index (χ1v) is 9.73. The average molecular weight is 409 g/mol. The summed E-state index contributed by atoms with van der Waals surface area (Å²) in [6.45, 7) is 3.37. The molecular weight excluding hydrogens is 390 g/mol. The number of nitrogens with zero attached hydrogens (tertiary/aromatic N) is 4. The van der Waals surface area contributed by atoms with E-state index >= 15 is 0 Å². The highest BCUT2D eigenvalue weighted by Crippen LogP contribution is 2.21. The molecule has 1 N–H and O–H groups in total. The maximum Gasteiger partial charge on any atom is 0.310 e. The maximum atomic E-state index is 12.6. The van der Waals surface area contributed by atoms with Gasteiger partial charge in [-0.25, -0.2) is 8.42 Å². The van der Waals surface area contributed by atoms with Crippen molar-refractivity contribution in [1.29, 1.82) is 0 Å². The quantitative estimate of drug-likeness (QED) is 0.502. The monoisotopic (exact) mass is 409 g/mol. The molecule has 0 unspecified atom stereocenters. The van der Waals surface area contributed by atoms with Crippen LogP contribution >= 0.6 is 0 Å². The Labute approximate surface area is 160 Å². The Morgan fingerprint density at radius 3 is 2.57 bits per heavy atom. The van der Waals surface area contributed by atoms with Crippen molar-refractivity contribution >= 4 is 27.3 Å². The van der Waals surface area contributed by atoms with Crippen molar-refractivity contribution in [2.45, 2.75) is 25.3 Å². The molecule has 1 amide bonds. The molecule has 0 saturated carbocycles. The minimum absolute atomic E-state index is 0.0787. The second-order valence-corrected chi connectivity index (χ2v) is 7.56. The van der Waals surface area contributed by atoms with Crippen molar-refractivity contribution < 1.29 is 18.1 Å². The molecule has 0 aliphatic carbocycles. The molecule has 2 aromatic heterocycles. The molecule has 0 radical (unpaired) electrons. The third-order valence-electron chi connectivity index (χ3n) is 3.88. The Hall–Kier alpha value is -3.12. The Morgan fingerprint density at radius 2 is 1.96 bits per heavy atom.